The van der Waals surface area contributed by atoms with Crippen LogP contribution in [0.4, 0.5) is 5.69 Å². The molecule has 0 radical (unpaired) electrons. The second kappa shape index (κ2) is 9.99. The molecule has 188 valence electrons. The smallest absolute Gasteiger partial charge is 0.296 e. The number of carbonyl (C=O) groups is 3. The summed E-state index contributed by atoms with van der Waals surface area (Å²) in [6.07, 6.45) is 2.44. The lowest BCUT2D eigenvalue weighted by molar-refractivity contribution is -0.143. The van der Waals surface area contributed by atoms with Crippen LogP contribution in [0.3, 0.4) is 0 Å². The number of aliphatic hydroxyl groups excluding tert-OH is 1. The van der Waals surface area contributed by atoms with Crippen LogP contribution in [0.25, 0.3) is 5.76 Å². The monoisotopic (exact) mass is 489 g/mol. The van der Waals surface area contributed by atoms with Crippen molar-refractivity contribution in [3.8, 4) is 5.75 Å². The Morgan fingerprint density at radius 1 is 1.11 bits per heavy atom. The molecule has 2 heterocycles. The number of ketones is 1. The number of ether oxygens (including phenoxy) is 1. The number of nitrogens with zero attached hydrogens (tertiary/aromatic N) is 3. The fraction of sp³-hybridized carbons (Fsp3) is 0.321. The summed E-state index contributed by atoms with van der Waals surface area (Å²) >= 11 is 0. The first-order valence-electron chi connectivity index (χ1n) is 12.0. The number of likely N-dealkylation sites (N-methyl/N-ethyl adjacent to an activating group) is 1. The van der Waals surface area contributed by atoms with Crippen LogP contribution in [0, 0.1) is 0 Å². The summed E-state index contributed by atoms with van der Waals surface area (Å²) in [7, 11) is 3.69. The Morgan fingerprint density at radius 3 is 2.44 bits per heavy atom. The fourth-order valence-electron chi connectivity index (χ4n) is 4.85. The number of para-hydroxylation sites is 1. The van der Waals surface area contributed by atoms with Gasteiger partial charge in [-0.3, -0.25) is 14.4 Å². The Hall–Kier alpha value is -3.91. The topological polar surface area (TPSA) is 90.4 Å². The van der Waals surface area contributed by atoms with Crippen LogP contribution in [0.15, 0.2) is 66.8 Å². The van der Waals surface area contributed by atoms with Crippen LogP contribution in [-0.4, -0.2) is 72.8 Å². The third-order valence-corrected chi connectivity index (χ3v) is 6.49. The van der Waals surface area contributed by atoms with Gasteiger partial charge in [0, 0.05) is 30.8 Å². The molecule has 2 aromatic carbocycles. The average molecular weight is 490 g/mol. The normalized spacial score (nSPS) is 20.5. The molecule has 36 heavy (non-hydrogen) atoms. The van der Waals surface area contributed by atoms with Crippen LogP contribution in [0.1, 0.15) is 24.5 Å². The lowest BCUT2D eigenvalue weighted by Gasteiger charge is -2.35. The Balaban J connectivity index is 1.95. The van der Waals surface area contributed by atoms with E-state index in [0.717, 1.165) is 6.42 Å². The van der Waals surface area contributed by atoms with E-state index in [9.17, 15) is 19.5 Å². The van der Waals surface area contributed by atoms with Gasteiger partial charge in [0.2, 0.25) is 0 Å². The number of aliphatic hydroxyl groups is 1. The first-order chi connectivity index (χ1) is 17.3. The number of fused-ring (bicyclic) bond motifs is 2. The van der Waals surface area contributed by atoms with E-state index in [0.29, 0.717) is 35.7 Å². The highest BCUT2D eigenvalue weighted by atomic mass is 16.5. The molecule has 0 unspecified atom stereocenters. The zero-order valence-corrected chi connectivity index (χ0v) is 20.9. The van der Waals surface area contributed by atoms with E-state index in [-0.39, 0.29) is 18.7 Å². The van der Waals surface area contributed by atoms with Gasteiger partial charge in [-0.25, -0.2) is 0 Å². The standard InChI is InChI=1S/C28H31N3O5/c1-5-15-30-22-10-8-7-9-21(22)28(27(30)35)23(25(33)26(34)31(28)17-16-29(3)4)24(32)19-11-13-20(14-12-19)36-18-6-2/h5,7-14,32H,1,6,15-18H2,2-4H3/t28-/m0/s1. The number of hydrogen-bond donors (Lipinski definition) is 1. The van der Waals surface area contributed by atoms with Gasteiger partial charge < -0.3 is 24.5 Å². The van der Waals surface area contributed by atoms with E-state index >= 15 is 0 Å². The number of hydrogen-bond acceptors (Lipinski definition) is 6. The van der Waals surface area contributed by atoms with Gasteiger partial charge in [0.05, 0.1) is 17.9 Å². The molecule has 1 atom stereocenters. The van der Waals surface area contributed by atoms with Crippen molar-refractivity contribution in [3.63, 3.8) is 0 Å². The number of benzene rings is 2. The van der Waals surface area contributed by atoms with Gasteiger partial charge in [-0.2, -0.15) is 0 Å². The number of amides is 2. The van der Waals surface area contributed by atoms with Crippen molar-refractivity contribution in [2.45, 2.75) is 18.9 Å². The Kier molecular flexibility index (Phi) is 6.99. The van der Waals surface area contributed by atoms with Gasteiger partial charge in [-0.1, -0.05) is 31.2 Å². The maximum Gasteiger partial charge on any atom is 0.296 e. The van der Waals surface area contributed by atoms with Gasteiger partial charge in [-0.15, -0.1) is 6.58 Å². The molecule has 1 saturated heterocycles. The van der Waals surface area contributed by atoms with Crippen LogP contribution in [0.2, 0.25) is 0 Å². The van der Waals surface area contributed by atoms with Gasteiger partial charge >= 0.3 is 0 Å². The maximum absolute atomic E-state index is 14.2. The highest BCUT2D eigenvalue weighted by molar-refractivity contribution is 6.50. The van der Waals surface area contributed by atoms with E-state index in [1.807, 2.05) is 25.9 Å². The predicted octanol–water partition coefficient (Wildman–Crippen LogP) is 3.15. The molecule has 0 saturated carbocycles. The Bertz CT molecular complexity index is 1230. The highest BCUT2D eigenvalue weighted by Gasteiger charge is 2.66. The molecule has 2 aromatic rings. The summed E-state index contributed by atoms with van der Waals surface area (Å²) < 4.78 is 5.62. The number of rotatable bonds is 9. The van der Waals surface area contributed by atoms with Gasteiger partial charge in [-0.05, 0) is 50.8 Å². The van der Waals surface area contributed by atoms with Crippen LogP contribution < -0.4 is 9.64 Å². The SMILES string of the molecule is C=CCN1C(=O)[C@@]2(C(=C(O)c3ccc(OCCC)cc3)C(=O)C(=O)N2CCN(C)C)c2ccccc21. The first kappa shape index (κ1) is 25.2. The van der Waals surface area contributed by atoms with Crippen molar-refractivity contribution in [1.29, 1.82) is 0 Å². The molecule has 1 spiro atoms. The summed E-state index contributed by atoms with van der Waals surface area (Å²) in [6, 6.07) is 13.7. The minimum Gasteiger partial charge on any atom is -0.507 e. The molecule has 0 aliphatic carbocycles. The van der Waals surface area contributed by atoms with Crippen molar-refractivity contribution in [2.75, 3.05) is 45.2 Å². The summed E-state index contributed by atoms with van der Waals surface area (Å²) in [5.74, 6) is -1.95. The summed E-state index contributed by atoms with van der Waals surface area (Å²) in [5.41, 5.74) is -0.618. The van der Waals surface area contributed by atoms with Crippen molar-refractivity contribution >= 4 is 29.0 Å². The largest absolute Gasteiger partial charge is 0.507 e. The number of likely N-dealkylation sites (tertiary alicyclic amines) is 1. The maximum atomic E-state index is 14.2. The molecule has 0 bridgehead atoms. The van der Waals surface area contributed by atoms with E-state index in [1.54, 1.807) is 54.6 Å². The van der Waals surface area contributed by atoms with Crippen molar-refractivity contribution in [3.05, 3.63) is 77.9 Å². The average Bonchev–Trinajstić information content (AvgIpc) is 3.25. The molecule has 1 N–H and O–H groups in total. The quantitative estimate of drug-likeness (QED) is 0.252. The van der Waals surface area contributed by atoms with E-state index in [1.165, 1.54) is 9.80 Å². The van der Waals surface area contributed by atoms with Gasteiger partial charge in [0.1, 0.15) is 11.5 Å². The molecule has 8 nitrogen and oxygen atoms in total. The second-order valence-corrected chi connectivity index (χ2v) is 9.12. The molecule has 8 heteroatoms. The van der Waals surface area contributed by atoms with Gasteiger partial charge in [0.15, 0.2) is 5.54 Å². The molecule has 2 aliphatic rings. The second-order valence-electron chi connectivity index (χ2n) is 9.12. The van der Waals surface area contributed by atoms with E-state index in [2.05, 4.69) is 6.58 Å². The van der Waals surface area contributed by atoms with Gasteiger partial charge in [0.25, 0.3) is 17.6 Å². The molecule has 2 amide bonds. The molecular formula is C28H31N3O5. The Morgan fingerprint density at radius 2 is 1.81 bits per heavy atom. The first-order valence-corrected chi connectivity index (χ1v) is 12.0. The third-order valence-electron chi connectivity index (χ3n) is 6.49. The Labute approximate surface area is 211 Å². The van der Waals surface area contributed by atoms with Crippen molar-refractivity contribution in [2.24, 2.45) is 0 Å². The minimum atomic E-state index is -1.77. The predicted molar refractivity (Wildman–Crippen MR) is 138 cm³/mol. The molecule has 1 fully saturated rings. The fourth-order valence-corrected chi connectivity index (χ4v) is 4.85. The van der Waals surface area contributed by atoms with Crippen LogP contribution in [-0.2, 0) is 19.9 Å². The lowest BCUT2D eigenvalue weighted by Crippen LogP contribution is -2.53. The molecular weight excluding hydrogens is 458 g/mol. The number of anilines is 1. The molecule has 4 rings (SSSR count). The third kappa shape index (κ3) is 3.87. The van der Waals surface area contributed by atoms with Crippen molar-refractivity contribution < 1.29 is 24.2 Å². The zero-order chi connectivity index (χ0) is 26.0. The summed E-state index contributed by atoms with van der Waals surface area (Å²) in [5, 5.41) is 11.5. The summed E-state index contributed by atoms with van der Waals surface area (Å²) in [6.45, 7) is 7.06. The minimum absolute atomic E-state index is 0.125. The summed E-state index contributed by atoms with van der Waals surface area (Å²) in [4.78, 5) is 45.8. The van der Waals surface area contributed by atoms with Crippen LogP contribution >= 0.6 is 0 Å². The molecule has 0 aromatic heterocycles. The highest BCUT2D eigenvalue weighted by Crippen LogP contribution is 2.53. The number of carbonyl (C=O) groups excluding carboxylic acids is 3. The molecule has 2 aliphatic heterocycles. The van der Waals surface area contributed by atoms with E-state index in [4.69, 9.17) is 4.74 Å². The van der Waals surface area contributed by atoms with Crippen LogP contribution in [0.5, 0.6) is 5.75 Å². The van der Waals surface area contributed by atoms with E-state index < -0.39 is 28.9 Å². The zero-order valence-electron chi connectivity index (χ0n) is 20.9. The lowest BCUT2D eigenvalue weighted by atomic mass is 9.82. The van der Waals surface area contributed by atoms with Crippen molar-refractivity contribution in [1.82, 2.24) is 9.80 Å². The number of Topliss-reactive ketones (excluding diaryl/α,β-unsaturated/α-hetero) is 1.